The van der Waals surface area contributed by atoms with E-state index in [-0.39, 0.29) is 5.91 Å². The average Bonchev–Trinajstić information content (AvgIpc) is 3.18. The average molecular weight is 477 g/mol. The van der Waals surface area contributed by atoms with Crippen LogP contribution in [0.25, 0.3) is 0 Å². The summed E-state index contributed by atoms with van der Waals surface area (Å²) in [5, 5.41) is 0. The van der Waals surface area contributed by atoms with Gasteiger partial charge in [0.05, 0.1) is 0 Å². The molecule has 4 saturated carbocycles. The second-order valence-electron chi connectivity index (χ2n) is 13.5. The summed E-state index contributed by atoms with van der Waals surface area (Å²) in [5.74, 6) is 3.98. The third-order valence-electron chi connectivity index (χ3n) is 11.8. The molecule has 9 atom stereocenters. The number of nitrogens with zero attached hydrogens (tertiary/aromatic N) is 2. The van der Waals surface area contributed by atoms with Gasteiger partial charge in [-0.2, -0.15) is 0 Å². The minimum Gasteiger partial charge on any atom is -0.339 e. The van der Waals surface area contributed by atoms with Crippen LogP contribution < -0.4 is 0 Å². The van der Waals surface area contributed by atoms with E-state index in [4.69, 9.17) is 6.58 Å². The topological polar surface area (TPSA) is 23.6 Å². The number of hydrogen-bond acceptors (Lipinski definition) is 2. The van der Waals surface area contributed by atoms with Crippen LogP contribution in [-0.4, -0.2) is 48.9 Å². The fourth-order valence-corrected chi connectivity index (χ4v) is 9.82. The van der Waals surface area contributed by atoms with Crippen molar-refractivity contribution in [3.05, 3.63) is 48.0 Å². The number of hydrogen-bond donors (Lipinski definition) is 0. The Balaban J connectivity index is 1.34. The van der Waals surface area contributed by atoms with Crippen LogP contribution in [0, 0.1) is 40.4 Å². The van der Waals surface area contributed by atoms with E-state index in [1.54, 1.807) is 5.57 Å². The Bertz CT molecular complexity index is 956. The summed E-state index contributed by atoms with van der Waals surface area (Å²) in [4.78, 5) is 17.7. The predicted octanol–water partition coefficient (Wildman–Crippen LogP) is 6.90. The highest BCUT2D eigenvalue weighted by Gasteiger charge is 2.62. The maximum Gasteiger partial charge on any atom is 0.253 e. The Morgan fingerprint density at radius 3 is 2.40 bits per heavy atom. The van der Waals surface area contributed by atoms with Crippen molar-refractivity contribution in [3.8, 4) is 0 Å². The standard InChI is InChI=1S/C32H48N2O/c1-21-20-32(4)27(22(2)33(5)6)15-16-28(32)26-14-13-24-19-25(17-18-31(24,3)29(21)26)34(7)30(35)23-11-9-8-10-12-23/h8-12,22,24-29H,1,13-20H2,2-7H3. The van der Waals surface area contributed by atoms with Crippen LogP contribution in [0.1, 0.15) is 82.5 Å². The van der Waals surface area contributed by atoms with E-state index in [9.17, 15) is 4.79 Å². The van der Waals surface area contributed by atoms with Crippen molar-refractivity contribution >= 4 is 5.91 Å². The summed E-state index contributed by atoms with van der Waals surface area (Å²) < 4.78 is 0. The lowest BCUT2D eigenvalue weighted by Gasteiger charge is -2.62. The normalized spacial score (nSPS) is 41.6. The highest BCUT2D eigenvalue weighted by atomic mass is 16.2. The smallest absolute Gasteiger partial charge is 0.253 e. The van der Waals surface area contributed by atoms with Crippen molar-refractivity contribution in [2.45, 2.75) is 84.2 Å². The monoisotopic (exact) mass is 476 g/mol. The number of benzene rings is 1. The Morgan fingerprint density at radius 2 is 1.71 bits per heavy atom. The van der Waals surface area contributed by atoms with E-state index in [0.29, 0.717) is 34.7 Å². The minimum atomic E-state index is 0.178. The van der Waals surface area contributed by atoms with Crippen LogP contribution >= 0.6 is 0 Å². The van der Waals surface area contributed by atoms with Crippen LogP contribution in [0.2, 0.25) is 0 Å². The Labute approximate surface area is 214 Å². The van der Waals surface area contributed by atoms with E-state index in [0.717, 1.165) is 36.2 Å². The molecule has 4 fully saturated rings. The molecule has 1 aromatic carbocycles. The predicted molar refractivity (Wildman–Crippen MR) is 145 cm³/mol. The second kappa shape index (κ2) is 9.05. The van der Waals surface area contributed by atoms with Crippen molar-refractivity contribution < 1.29 is 4.79 Å². The zero-order valence-electron chi connectivity index (χ0n) is 23.1. The largest absolute Gasteiger partial charge is 0.339 e. The van der Waals surface area contributed by atoms with Crippen molar-refractivity contribution in [2.75, 3.05) is 21.1 Å². The lowest BCUT2D eigenvalue weighted by molar-refractivity contribution is -0.0944. The van der Waals surface area contributed by atoms with Crippen LogP contribution in [0.4, 0.5) is 0 Å². The molecule has 4 aliphatic carbocycles. The van der Waals surface area contributed by atoms with Gasteiger partial charge in [-0.25, -0.2) is 0 Å². The van der Waals surface area contributed by atoms with Gasteiger partial charge >= 0.3 is 0 Å². The maximum atomic E-state index is 13.2. The Morgan fingerprint density at radius 1 is 1.00 bits per heavy atom. The lowest BCUT2D eigenvalue weighted by atomic mass is 9.43. The van der Waals surface area contributed by atoms with Gasteiger partial charge in [-0.15, -0.1) is 0 Å². The first kappa shape index (κ1) is 25.1. The summed E-state index contributed by atoms with van der Waals surface area (Å²) in [5.41, 5.74) is 3.13. The molecule has 4 aliphatic rings. The van der Waals surface area contributed by atoms with E-state index in [1.165, 1.54) is 38.5 Å². The van der Waals surface area contributed by atoms with Crippen LogP contribution in [-0.2, 0) is 0 Å². The summed E-state index contributed by atoms with van der Waals surface area (Å²) in [6.45, 7) is 12.5. The van der Waals surface area contributed by atoms with Gasteiger partial charge in [-0.1, -0.05) is 44.2 Å². The van der Waals surface area contributed by atoms with E-state index < -0.39 is 0 Å². The lowest BCUT2D eigenvalue weighted by Crippen LogP contribution is -2.57. The molecule has 9 unspecified atom stereocenters. The molecule has 3 heteroatoms. The van der Waals surface area contributed by atoms with Crippen LogP contribution in [0.5, 0.6) is 0 Å². The Kier molecular flexibility index (Phi) is 6.48. The van der Waals surface area contributed by atoms with Crippen molar-refractivity contribution in [1.29, 1.82) is 0 Å². The first-order valence-electron chi connectivity index (χ1n) is 14.2. The molecule has 3 nitrogen and oxygen atoms in total. The van der Waals surface area contributed by atoms with Gasteiger partial charge in [-0.3, -0.25) is 4.79 Å². The molecule has 0 bridgehead atoms. The molecule has 35 heavy (non-hydrogen) atoms. The molecule has 0 saturated heterocycles. The zero-order chi connectivity index (χ0) is 25.1. The molecule has 0 heterocycles. The molecule has 5 rings (SSSR count). The molecular formula is C32H48N2O. The highest BCUT2D eigenvalue weighted by Crippen LogP contribution is 2.69. The first-order chi connectivity index (χ1) is 16.6. The first-order valence-corrected chi connectivity index (χ1v) is 14.2. The summed E-state index contributed by atoms with van der Waals surface area (Å²) in [6.07, 6.45) is 10.2. The van der Waals surface area contributed by atoms with Gasteiger partial charge in [-0.05, 0) is 125 Å². The van der Waals surface area contributed by atoms with Gasteiger partial charge in [0.1, 0.15) is 0 Å². The number of fused-ring (bicyclic) bond motifs is 5. The van der Waals surface area contributed by atoms with Gasteiger partial charge in [0.2, 0.25) is 0 Å². The Hall–Kier alpha value is -1.61. The number of carbonyl (C=O) groups is 1. The summed E-state index contributed by atoms with van der Waals surface area (Å²) in [6, 6.07) is 10.8. The molecule has 1 aromatic rings. The van der Waals surface area contributed by atoms with Gasteiger partial charge in [0.25, 0.3) is 5.91 Å². The zero-order valence-corrected chi connectivity index (χ0v) is 23.1. The number of allylic oxidation sites excluding steroid dienone is 1. The van der Waals surface area contributed by atoms with E-state index >= 15 is 0 Å². The SMILES string of the molecule is C=C1CC2(C)C(CCC2C(C)N(C)C)C2CCC3CC(N(C)C(=O)c4ccccc4)CCC3(C)C12. The van der Waals surface area contributed by atoms with E-state index in [2.05, 4.69) is 44.7 Å². The maximum absolute atomic E-state index is 13.2. The molecule has 192 valence electrons. The third-order valence-corrected chi connectivity index (χ3v) is 11.8. The van der Waals surface area contributed by atoms with Gasteiger partial charge in [0.15, 0.2) is 0 Å². The molecule has 0 aromatic heterocycles. The van der Waals surface area contributed by atoms with Crippen LogP contribution in [0.3, 0.4) is 0 Å². The minimum absolute atomic E-state index is 0.178. The number of carbonyl (C=O) groups excluding carboxylic acids is 1. The summed E-state index contributed by atoms with van der Waals surface area (Å²) in [7, 11) is 6.54. The van der Waals surface area contributed by atoms with Crippen LogP contribution in [0.15, 0.2) is 42.5 Å². The number of amides is 1. The molecular weight excluding hydrogens is 428 g/mol. The third kappa shape index (κ3) is 3.92. The molecule has 1 amide bonds. The fourth-order valence-electron chi connectivity index (χ4n) is 9.82. The molecule has 0 N–H and O–H groups in total. The van der Waals surface area contributed by atoms with Crippen molar-refractivity contribution in [3.63, 3.8) is 0 Å². The van der Waals surface area contributed by atoms with Crippen molar-refractivity contribution in [2.24, 2.45) is 40.4 Å². The van der Waals surface area contributed by atoms with E-state index in [1.807, 2.05) is 37.4 Å². The summed E-state index contributed by atoms with van der Waals surface area (Å²) >= 11 is 0. The molecule has 0 aliphatic heterocycles. The highest BCUT2D eigenvalue weighted by molar-refractivity contribution is 5.94. The van der Waals surface area contributed by atoms with Gasteiger partial charge in [0, 0.05) is 24.7 Å². The number of rotatable bonds is 4. The second-order valence-corrected chi connectivity index (χ2v) is 13.5. The van der Waals surface area contributed by atoms with Crippen molar-refractivity contribution in [1.82, 2.24) is 9.80 Å². The fraction of sp³-hybridized carbons (Fsp3) is 0.719. The quantitative estimate of drug-likeness (QED) is 0.441. The molecule has 0 radical (unpaired) electrons. The van der Waals surface area contributed by atoms with Gasteiger partial charge < -0.3 is 9.80 Å². The molecule has 0 spiro atoms.